The summed E-state index contributed by atoms with van der Waals surface area (Å²) in [6.45, 7) is 3.56. The van der Waals surface area contributed by atoms with Gasteiger partial charge in [-0.15, -0.1) is 11.3 Å². The van der Waals surface area contributed by atoms with Crippen LogP contribution in [0.5, 0.6) is 0 Å². The lowest BCUT2D eigenvalue weighted by Gasteiger charge is -2.02. The van der Waals surface area contributed by atoms with Crippen molar-refractivity contribution in [3.63, 3.8) is 0 Å². The van der Waals surface area contributed by atoms with E-state index in [9.17, 15) is 13.2 Å². The van der Waals surface area contributed by atoms with Crippen LogP contribution >= 0.6 is 11.3 Å². The maximum atomic E-state index is 11.9. The molecule has 1 aliphatic carbocycles. The van der Waals surface area contributed by atoms with Crippen LogP contribution in [0.2, 0.25) is 0 Å². The van der Waals surface area contributed by atoms with Crippen molar-refractivity contribution in [2.24, 2.45) is 5.92 Å². The van der Waals surface area contributed by atoms with Gasteiger partial charge in [-0.05, 0) is 30.9 Å². The van der Waals surface area contributed by atoms with Crippen molar-refractivity contribution >= 4 is 27.3 Å². The number of sulfonamides is 1. The SMILES string of the molecule is Cc1cc(S(=O)(=O)NC2CC2C)sc1C(=O)O. The Labute approximate surface area is 104 Å². The van der Waals surface area contributed by atoms with Gasteiger partial charge in [0, 0.05) is 6.04 Å². The second-order valence-corrected chi connectivity index (χ2v) is 7.32. The van der Waals surface area contributed by atoms with E-state index in [1.807, 2.05) is 6.92 Å². The Kier molecular flexibility index (Phi) is 3.01. The molecule has 1 aromatic rings. The highest BCUT2D eigenvalue weighted by molar-refractivity contribution is 7.91. The van der Waals surface area contributed by atoms with Gasteiger partial charge in [-0.2, -0.15) is 0 Å². The number of hydrogen-bond acceptors (Lipinski definition) is 4. The second-order valence-electron chi connectivity index (χ2n) is 4.32. The first-order valence-electron chi connectivity index (χ1n) is 5.17. The summed E-state index contributed by atoms with van der Waals surface area (Å²) >= 11 is 0.796. The van der Waals surface area contributed by atoms with Crippen LogP contribution in [0.1, 0.15) is 28.6 Å². The normalized spacial score (nSPS) is 23.6. The minimum atomic E-state index is -3.56. The van der Waals surface area contributed by atoms with Crippen LogP contribution in [-0.4, -0.2) is 25.5 Å². The number of carboxylic acid groups (broad SMARTS) is 1. The van der Waals surface area contributed by atoms with Gasteiger partial charge >= 0.3 is 5.97 Å². The number of aromatic carboxylic acids is 1. The molecule has 1 aromatic heterocycles. The van der Waals surface area contributed by atoms with Gasteiger partial charge in [0.25, 0.3) is 0 Å². The fraction of sp³-hybridized carbons (Fsp3) is 0.500. The van der Waals surface area contributed by atoms with E-state index in [-0.39, 0.29) is 15.1 Å². The molecule has 1 aliphatic rings. The lowest BCUT2D eigenvalue weighted by atomic mass is 10.3. The van der Waals surface area contributed by atoms with Crippen LogP contribution in [-0.2, 0) is 10.0 Å². The number of carboxylic acids is 1. The molecule has 0 radical (unpaired) electrons. The van der Waals surface area contributed by atoms with E-state index in [0.717, 1.165) is 17.8 Å². The molecule has 0 aromatic carbocycles. The molecule has 94 valence electrons. The Morgan fingerprint density at radius 3 is 2.59 bits per heavy atom. The van der Waals surface area contributed by atoms with Gasteiger partial charge in [-0.3, -0.25) is 0 Å². The quantitative estimate of drug-likeness (QED) is 0.871. The molecule has 0 saturated heterocycles. The summed E-state index contributed by atoms with van der Waals surface area (Å²) < 4.78 is 26.5. The van der Waals surface area contributed by atoms with Crippen LogP contribution < -0.4 is 4.72 Å². The molecule has 0 amide bonds. The molecule has 2 atom stereocenters. The van der Waals surface area contributed by atoms with Gasteiger partial charge in [0.05, 0.1) is 0 Å². The fourth-order valence-corrected chi connectivity index (χ4v) is 4.29. The van der Waals surface area contributed by atoms with Gasteiger partial charge in [0.15, 0.2) is 0 Å². The average Bonchev–Trinajstić information content (AvgIpc) is 2.74. The summed E-state index contributed by atoms with van der Waals surface area (Å²) in [5.74, 6) is -0.724. The van der Waals surface area contributed by atoms with Crippen LogP contribution in [0, 0.1) is 12.8 Å². The minimum absolute atomic E-state index is 0.00400. The van der Waals surface area contributed by atoms with Crippen molar-refractivity contribution in [1.82, 2.24) is 4.72 Å². The lowest BCUT2D eigenvalue weighted by Crippen LogP contribution is -2.26. The molecule has 1 heterocycles. The summed E-state index contributed by atoms with van der Waals surface area (Å²) in [4.78, 5) is 10.9. The topological polar surface area (TPSA) is 83.5 Å². The second kappa shape index (κ2) is 4.08. The van der Waals surface area contributed by atoms with Crippen molar-refractivity contribution < 1.29 is 18.3 Å². The number of thiophene rings is 1. The number of nitrogens with one attached hydrogen (secondary N) is 1. The van der Waals surface area contributed by atoms with E-state index in [2.05, 4.69) is 4.72 Å². The Morgan fingerprint density at radius 2 is 2.18 bits per heavy atom. The lowest BCUT2D eigenvalue weighted by molar-refractivity contribution is 0.0701. The Hall–Kier alpha value is -0.920. The van der Waals surface area contributed by atoms with E-state index < -0.39 is 16.0 Å². The first kappa shape index (κ1) is 12.5. The number of hydrogen-bond donors (Lipinski definition) is 2. The zero-order valence-corrected chi connectivity index (χ0v) is 11.1. The molecular formula is C10H13NO4S2. The van der Waals surface area contributed by atoms with Crippen molar-refractivity contribution in [2.45, 2.75) is 30.5 Å². The average molecular weight is 275 g/mol. The van der Waals surface area contributed by atoms with E-state index in [0.29, 0.717) is 11.5 Å². The number of rotatable bonds is 4. The predicted octanol–water partition coefficient (Wildman–Crippen LogP) is 1.44. The Balaban J connectivity index is 2.27. The highest BCUT2D eigenvalue weighted by Gasteiger charge is 2.37. The third-order valence-electron chi connectivity index (χ3n) is 2.77. The monoisotopic (exact) mass is 275 g/mol. The summed E-state index contributed by atoms with van der Waals surface area (Å²) in [5.41, 5.74) is 0.478. The van der Waals surface area contributed by atoms with Gasteiger partial charge in [0.1, 0.15) is 9.09 Å². The smallest absolute Gasteiger partial charge is 0.346 e. The van der Waals surface area contributed by atoms with Crippen LogP contribution in [0.25, 0.3) is 0 Å². The molecule has 2 N–H and O–H groups in total. The van der Waals surface area contributed by atoms with Crippen LogP contribution in [0.3, 0.4) is 0 Å². The molecular weight excluding hydrogens is 262 g/mol. The minimum Gasteiger partial charge on any atom is -0.477 e. The Bertz CT molecular complexity index is 561. The van der Waals surface area contributed by atoms with E-state index in [1.165, 1.54) is 6.07 Å². The molecule has 0 spiro atoms. The standard InChI is InChI=1S/C10H13NO4S2/c1-5-3-7(5)11-17(14,15)8-4-6(2)9(16-8)10(12)13/h4-5,7,11H,3H2,1-2H3,(H,12,13). The largest absolute Gasteiger partial charge is 0.477 e. The third-order valence-corrected chi connectivity index (χ3v) is 5.96. The first-order chi connectivity index (χ1) is 7.81. The maximum Gasteiger partial charge on any atom is 0.346 e. The molecule has 0 bridgehead atoms. The molecule has 1 fully saturated rings. The predicted molar refractivity (Wildman–Crippen MR) is 63.9 cm³/mol. The fourth-order valence-electron chi connectivity index (χ4n) is 1.54. The van der Waals surface area contributed by atoms with E-state index in [4.69, 9.17) is 5.11 Å². The molecule has 7 heteroatoms. The summed E-state index contributed by atoms with van der Waals surface area (Å²) in [7, 11) is -3.56. The summed E-state index contributed by atoms with van der Waals surface area (Å²) in [5, 5.41) is 8.88. The molecule has 2 unspecified atom stereocenters. The van der Waals surface area contributed by atoms with Gasteiger partial charge in [-0.25, -0.2) is 17.9 Å². The highest BCUT2D eigenvalue weighted by atomic mass is 32.2. The van der Waals surface area contributed by atoms with Crippen molar-refractivity contribution in [3.05, 3.63) is 16.5 Å². The van der Waals surface area contributed by atoms with E-state index >= 15 is 0 Å². The first-order valence-corrected chi connectivity index (χ1v) is 7.47. The molecule has 17 heavy (non-hydrogen) atoms. The molecule has 1 saturated carbocycles. The summed E-state index contributed by atoms with van der Waals surface area (Å²) in [6, 6.07) is 1.40. The number of aryl methyl sites for hydroxylation is 1. The zero-order chi connectivity index (χ0) is 12.8. The van der Waals surface area contributed by atoms with Crippen molar-refractivity contribution in [2.75, 3.05) is 0 Å². The van der Waals surface area contributed by atoms with Gasteiger partial charge in [0.2, 0.25) is 10.0 Å². The molecule has 5 nitrogen and oxygen atoms in total. The van der Waals surface area contributed by atoms with Gasteiger partial charge < -0.3 is 5.11 Å². The zero-order valence-electron chi connectivity index (χ0n) is 9.43. The third kappa shape index (κ3) is 2.51. The molecule has 0 aliphatic heterocycles. The Morgan fingerprint density at radius 1 is 1.59 bits per heavy atom. The van der Waals surface area contributed by atoms with E-state index in [1.54, 1.807) is 6.92 Å². The van der Waals surface area contributed by atoms with Gasteiger partial charge in [-0.1, -0.05) is 6.92 Å². The highest BCUT2D eigenvalue weighted by Crippen LogP contribution is 2.32. The number of carbonyl (C=O) groups is 1. The maximum absolute atomic E-state index is 11.9. The molecule has 2 rings (SSSR count). The van der Waals surface area contributed by atoms with Crippen molar-refractivity contribution in [3.8, 4) is 0 Å². The summed E-state index contributed by atoms with van der Waals surface area (Å²) in [6.07, 6.45) is 0.843. The van der Waals surface area contributed by atoms with Crippen LogP contribution in [0.4, 0.5) is 0 Å². The van der Waals surface area contributed by atoms with Crippen molar-refractivity contribution in [1.29, 1.82) is 0 Å². The van der Waals surface area contributed by atoms with Crippen LogP contribution in [0.15, 0.2) is 10.3 Å².